The van der Waals surface area contributed by atoms with Gasteiger partial charge in [0.15, 0.2) is 0 Å². The van der Waals surface area contributed by atoms with E-state index < -0.39 is 0 Å². The highest BCUT2D eigenvalue weighted by Crippen LogP contribution is 2.46. The second-order valence-corrected chi connectivity index (χ2v) is 8.50. The third kappa shape index (κ3) is 3.32. The molecule has 0 spiro atoms. The zero-order chi connectivity index (χ0) is 17.6. The van der Waals surface area contributed by atoms with Crippen molar-refractivity contribution in [1.29, 1.82) is 0 Å². The molecule has 0 saturated carbocycles. The van der Waals surface area contributed by atoms with Gasteiger partial charge in [-0.15, -0.1) is 6.58 Å². The van der Waals surface area contributed by atoms with Crippen LogP contribution in [0.15, 0.2) is 59.0 Å². The van der Waals surface area contributed by atoms with Gasteiger partial charge in [0.1, 0.15) is 11.7 Å². The summed E-state index contributed by atoms with van der Waals surface area (Å²) in [4.78, 5) is 3.65. The first-order valence-corrected chi connectivity index (χ1v) is 9.98. The highest BCUT2D eigenvalue weighted by atomic mass is 127. The number of hydrogen-bond donors (Lipinski definition) is 0. The molecule has 1 aliphatic rings. The average Bonchev–Trinajstić information content (AvgIpc) is 3.07. The molecule has 1 aromatic heterocycles. The number of rotatable bonds is 3. The van der Waals surface area contributed by atoms with E-state index in [2.05, 4.69) is 79.4 Å². The molecule has 0 fully saturated rings. The molecular weight excluding hydrogens is 471 g/mol. The van der Waals surface area contributed by atoms with Crippen molar-refractivity contribution < 1.29 is 28.5 Å². The second-order valence-electron chi connectivity index (χ2n) is 6.38. The highest BCUT2D eigenvalue weighted by molar-refractivity contribution is 8.03. The van der Waals surface area contributed by atoms with Gasteiger partial charge in [0.25, 0.3) is 5.01 Å². The van der Waals surface area contributed by atoms with Crippen LogP contribution in [0, 0.1) is 13.8 Å². The molecule has 134 valence electrons. The average molecular weight is 492 g/mol. The Morgan fingerprint density at radius 1 is 1.19 bits per heavy atom. The SMILES string of the molecule is C=CCN1/C(=C/c2sc3cc(C)cc(C)c3[n+]2C)Sc2ccccc21.[I-]. The molecule has 5 heteroatoms. The van der Waals surface area contributed by atoms with Gasteiger partial charge in [0.2, 0.25) is 5.52 Å². The molecule has 0 amide bonds. The van der Waals surface area contributed by atoms with Crippen molar-refractivity contribution in [3.63, 3.8) is 0 Å². The van der Waals surface area contributed by atoms with Gasteiger partial charge in [-0.25, -0.2) is 0 Å². The van der Waals surface area contributed by atoms with Crippen LogP contribution in [-0.2, 0) is 7.05 Å². The lowest BCUT2D eigenvalue weighted by atomic mass is 10.1. The number of fused-ring (bicyclic) bond motifs is 2. The van der Waals surface area contributed by atoms with E-state index in [0.29, 0.717) is 0 Å². The van der Waals surface area contributed by atoms with E-state index in [1.54, 1.807) is 0 Å². The summed E-state index contributed by atoms with van der Waals surface area (Å²) in [5, 5.41) is 2.53. The third-order valence-electron chi connectivity index (χ3n) is 4.49. The lowest BCUT2D eigenvalue weighted by Gasteiger charge is -2.17. The minimum atomic E-state index is 0. The number of para-hydroxylation sites is 1. The summed E-state index contributed by atoms with van der Waals surface area (Å²) in [6.07, 6.45) is 4.28. The van der Waals surface area contributed by atoms with E-state index >= 15 is 0 Å². The Morgan fingerprint density at radius 2 is 1.96 bits per heavy atom. The maximum absolute atomic E-state index is 3.93. The lowest BCUT2D eigenvalue weighted by Crippen LogP contribution is -3.00. The van der Waals surface area contributed by atoms with Gasteiger partial charge in [-0.3, -0.25) is 0 Å². The van der Waals surface area contributed by atoms with Gasteiger partial charge >= 0.3 is 0 Å². The predicted molar refractivity (Wildman–Crippen MR) is 110 cm³/mol. The monoisotopic (exact) mass is 492 g/mol. The Morgan fingerprint density at radius 3 is 2.73 bits per heavy atom. The largest absolute Gasteiger partial charge is 1.00 e. The number of nitrogens with zero attached hydrogens (tertiary/aromatic N) is 2. The van der Waals surface area contributed by atoms with E-state index in [-0.39, 0.29) is 24.0 Å². The molecule has 3 aromatic rings. The van der Waals surface area contributed by atoms with E-state index in [1.165, 1.54) is 42.0 Å². The van der Waals surface area contributed by atoms with Crippen LogP contribution in [-0.4, -0.2) is 6.54 Å². The molecule has 0 bridgehead atoms. The van der Waals surface area contributed by atoms with Crippen LogP contribution in [0.3, 0.4) is 0 Å². The molecular formula is C21H21IN2S2. The topological polar surface area (TPSA) is 7.12 Å². The third-order valence-corrected chi connectivity index (χ3v) is 6.73. The Hall–Kier alpha value is -1.31. The van der Waals surface area contributed by atoms with E-state index in [0.717, 1.165) is 6.54 Å². The first-order chi connectivity index (χ1) is 12.1. The highest BCUT2D eigenvalue weighted by Gasteiger charge is 2.26. The van der Waals surface area contributed by atoms with E-state index in [4.69, 9.17) is 0 Å². The van der Waals surface area contributed by atoms with Crippen LogP contribution in [0.5, 0.6) is 0 Å². The summed E-state index contributed by atoms with van der Waals surface area (Å²) >= 11 is 3.70. The fraction of sp³-hybridized carbons (Fsp3) is 0.190. The van der Waals surface area contributed by atoms with Crippen molar-refractivity contribution in [1.82, 2.24) is 0 Å². The quantitative estimate of drug-likeness (QED) is 0.315. The standard InChI is InChI=1S/C21H21N2S2.HI/c1-5-10-23-16-8-6-7-9-17(16)24-20(23)13-19-22(4)21-15(3)11-14(2)12-18(21)25-19;/h5-9,11-13H,1,10H2,2-4H3;1H/q+1;/p-1. The van der Waals surface area contributed by atoms with Gasteiger partial charge in [0, 0.05) is 17.0 Å². The molecule has 0 atom stereocenters. The molecule has 2 aromatic carbocycles. The second kappa shape index (κ2) is 7.74. The zero-order valence-corrected chi connectivity index (χ0v) is 18.9. The maximum Gasteiger partial charge on any atom is 0.265 e. The predicted octanol–water partition coefficient (Wildman–Crippen LogP) is 2.44. The smallest absolute Gasteiger partial charge is 0.265 e. The number of halogens is 1. The van der Waals surface area contributed by atoms with Gasteiger partial charge in [-0.2, -0.15) is 4.57 Å². The number of anilines is 1. The Bertz CT molecular complexity index is 1020. The number of thiazole rings is 1. The summed E-state index contributed by atoms with van der Waals surface area (Å²) in [6.45, 7) is 9.12. The first kappa shape index (κ1) is 19.5. The Kier molecular flexibility index (Phi) is 5.79. The molecule has 0 unspecified atom stereocenters. The van der Waals surface area contributed by atoms with Crippen molar-refractivity contribution in [3.05, 3.63) is 70.2 Å². The van der Waals surface area contributed by atoms with Crippen molar-refractivity contribution >= 4 is 45.1 Å². The van der Waals surface area contributed by atoms with Gasteiger partial charge in [-0.05, 0) is 43.7 Å². The van der Waals surface area contributed by atoms with E-state index in [1.807, 2.05) is 29.2 Å². The van der Waals surface area contributed by atoms with Gasteiger partial charge in [-0.1, -0.05) is 41.3 Å². The molecule has 2 heterocycles. The summed E-state index contributed by atoms with van der Waals surface area (Å²) in [5.41, 5.74) is 5.26. The minimum absolute atomic E-state index is 0. The van der Waals surface area contributed by atoms with E-state index in [9.17, 15) is 0 Å². The van der Waals surface area contributed by atoms with Crippen molar-refractivity contribution in [2.24, 2.45) is 7.05 Å². The molecule has 4 rings (SSSR count). The normalized spacial score (nSPS) is 14.6. The first-order valence-electron chi connectivity index (χ1n) is 8.35. The van der Waals surface area contributed by atoms with Crippen LogP contribution in [0.2, 0.25) is 0 Å². The van der Waals surface area contributed by atoms with Crippen LogP contribution in [0.4, 0.5) is 5.69 Å². The number of aromatic nitrogens is 1. The summed E-state index contributed by atoms with van der Waals surface area (Å²) in [7, 11) is 2.16. The lowest BCUT2D eigenvalue weighted by molar-refractivity contribution is -0.642. The molecule has 2 nitrogen and oxygen atoms in total. The Labute approximate surface area is 180 Å². The van der Waals surface area contributed by atoms with Gasteiger partial charge < -0.3 is 28.9 Å². The minimum Gasteiger partial charge on any atom is -1.00 e. The molecule has 1 aliphatic heterocycles. The molecule has 0 aliphatic carbocycles. The van der Waals surface area contributed by atoms with Gasteiger partial charge in [0.05, 0.1) is 16.8 Å². The molecule has 0 radical (unpaired) electrons. The Balaban J connectivity index is 0.00000196. The van der Waals surface area contributed by atoms with Crippen LogP contribution in [0.25, 0.3) is 16.3 Å². The molecule has 26 heavy (non-hydrogen) atoms. The fourth-order valence-electron chi connectivity index (χ4n) is 3.43. The summed E-state index contributed by atoms with van der Waals surface area (Å²) < 4.78 is 3.67. The van der Waals surface area contributed by atoms with Crippen molar-refractivity contribution in [2.45, 2.75) is 18.7 Å². The summed E-state index contributed by atoms with van der Waals surface area (Å²) in [5.74, 6) is 0. The number of benzene rings is 2. The molecule has 0 saturated heterocycles. The summed E-state index contributed by atoms with van der Waals surface area (Å²) in [6, 6.07) is 13.1. The number of hydrogen-bond acceptors (Lipinski definition) is 3. The zero-order valence-electron chi connectivity index (χ0n) is 15.1. The number of thioether (sulfide) groups is 1. The van der Waals surface area contributed by atoms with Crippen LogP contribution >= 0.6 is 23.1 Å². The van der Waals surface area contributed by atoms with Crippen LogP contribution in [0.1, 0.15) is 16.1 Å². The molecule has 0 N–H and O–H groups in total. The fourth-order valence-corrected chi connectivity index (χ4v) is 5.88. The van der Waals surface area contributed by atoms with Crippen LogP contribution < -0.4 is 33.4 Å². The number of aryl methyl sites for hydroxylation is 3. The maximum atomic E-state index is 3.93. The van der Waals surface area contributed by atoms with Crippen molar-refractivity contribution in [3.8, 4) is 0 Å². The van der Waals surface area contributed by atoms with Crippen molar-refractivity contribution in [2.75, 3.05) is 11.4 Å².